The number of rotatable bonds is 6. The van der Waals surface area contributed by atoms with Gasteiger partial charge in [-0.05, 0) is 36.8 Å². The number of anilines is 1. The second-order valence-corrected chi connectivity index (χ2v) is 6.49. The van der Waals surface area contributed by atoms with Crippen LogP contribution in [-0.4, -0.2) is 38.7 Å². The van der Waals surface area contributed by atoms with Gasteiger partial charge in [-0.15, -0.1) is 35.3 Å². The van der Waals surface area contributed by atoms with Crippen LogP contribution < -0.4 is 15.5 Å². The highest BCUT2D eigenvalue weighted by Gasteiger charge is 2.20. The van der Waals surface area contributed by atoms with E-state index >= 15 is 0 Å². The Morgan fingerprint density at radius 1 is 1.36 bits per heavy atom. The summed E-state index contributed by atoms with van der Waals surface area (Å²) >= 11 is 1.83. The van der Waals surface area contributed by atoms with Crippen LogP contribution in [0, 0.1) is 0 Å². The molecule has 0 aromatic carbocycles. The molecule has 1 aliphatic rings. The maximum Gasteiger partial charge on any atom is 0.191 e. The molecule has 1 aliphatic heterocycles. The van der Waals surface area contributed by atoms with Gasteiger partial charge >= 0.3 is 0 Å². The zero-order chi connectivity index (χ0) is 14.9. The Morgan fingerprint density at radius 2 is 2.14 bits per heavy atom. The molecule has 1 aromatic heterocycles. The van der Waals surface area contributed by atoms with Crippen molar-refractivity contribution in [2.45, 2.75) is 45.1 Å². The van der Waals surface area contributed by atoms with Crippen molar-refractivity contribution < 1.29 is 0 Å². The lowest BCUT2D eigenvalue weighted by Crippen LogP contribution is -2.48. The number of thiophene rings is 1. The van der Waals surface area contributed by atoms with Crippen molar-refractivity contribution in [3.8, 4) is 0 Å². The number of nitrogens with one attached hydrogen (secondary N) is 2. The summed E-state index contributed by atoms with van der Waals surface area (Å²) in [6, 6.07) is 4.89. The Balaban J connectivity index is 0.00000242. The first kappa shape index (κ1) is 19.5. The van der Waals surface area contributed by atoms with Crippen LogP contribution in [0.5, 0.6) is 0 Å². The highest BCUT2D eigenvalue weighted by molar-refractivity contribution is 14.0. The van der Waals surface area contributed by atoms with Crippen molar-refractivity contribution in [1.82, 2.24) is 10.6 Å². The topological polar surface area (TPSA) is 39.7 Å². The fraction of sp³-hybridized carbons (Fsp3) is 0.688. The van der Waals surface area contributed by atoms with Gasteiger partial charge in [-0.25, -0.2) is 0 Å². The molecule has 1 aromatic rings. The number of nitrogens with zero attached hydrogens (tertiary/aromatic N) is 2. The maximum absolute atomic E-state index is 4.33. The van der Waals surface area contributed by atoms with Crippen molar-refractivity contribution in [2.24, 2.45) is 4.99 Å². The van der Waals surface area contributed by atoms with Gasteiger partial charge in [0.05, 0.1) is 5.00 Å². The fourth-order valence-electron chi connectivity index (χ4n) is 2.66. The Labute approximate surface area is 155 Å². The van der Waals surface area contributed by atoms with Gasteiger partial charge in [-0.1, -0.05) is 19.8 Å². The second-order valence-electron chi connectivity index (χ2n) is 5.56. The minimum Gasteiger partial charge on any atom is -0.363 e. The first-order chi connectivity index (χ1) is 10.3. The lowest BCUT2D eigenvalue weighted by atomic mass is 10.1. The summed E-state index contributed by atoms with van der Waals surface area (Å²) in [5, 5.41) is 10.5. The monoisotopic (exact) mass is 436 g/mol. The van der Waals surface area contributed by atoms with E-state index in [1.165, 1.54) is 37.1 Å². The summed E-state index contributed by atoms with van der Waals surface area (Å²) < 4.78 is 0. The molecule has 0 atom stereocenters. The number of hydrogen-bond donors (Lipinski definition) is 2. The number of aliphatic imine (C=N–C) groups is 1. The highest BCUT2D eigenvalue weighted by atomic mass is 127. The third-order valence-corrected chi connectivity index (χ3v) is 4.88. The van der Waals surface area contributed by atoms with Crippen molar-refractivity contribution in [1.29, 1.82) is 0 Å². The van der Waals surface area contributed by atoms with E-state index in [1.807, 2.05) is 18.4 Å². The fourth-order valence-corrected chi connectivity index (χ4v) is 3.45. The zero-order valence-corrected chi connectivity index (χ0v) is 16.8. The Hall–Kier alpha value is -0.500. The first-order valence-electron chi connectivity index (χ1n) is 8.09. The molecule has 0 saturated carbocycles. The van der Waals surface area contributed by atoms with E-state index in [9.17, 15) is 0 Å². The molecule has 2 N–H and O–H groups in total. The molecule has 22 heavy (non-hydrogen) atoms. The predicted octanol–water partition coefficient (Wildman–Crippen LogP) is 3.69. The highest BCUT2D eigenvalue weighted by Crippen LogP contribution is 2.24. The normalized spacial score (nSPS) is 16.3. The summed E-state index contributed by atoms with van der Waals surface area (Å²) in [5.74, 6) is 0.959. The van der Waals surface area contributed by atoms with Gasteiger partial charge < -0.3 is 15.5 Å². The van der Waals surface area contributed by atoms with Gasteiger partial charge in [0.25, 0.3) is 0 Å². The summed E-state index contributed by atoms with van der Waals surface area (Å²) in [7, 11) is 1.86. The average Bonchev–Trinajstić information content (AvgIpc) is 3.05. The van der Waals surface area contributed by atoms with E-state index in [4.69, 9.17) is 0 Å². The molecule has 1 saturated heterocycles. The Bertz CT molecular complexity index is 414. The van der Waals surface area contributed by atoms with Gasteiger partial charge in [0.2, 0.25) is 0 Å². The number of unbranched alkanes of at least 4 members (excludes halogenated alkanes) is 2. The van der Waals surface area contributed by atoms with E-state index in [1.54, 1.807) is 0 Å². The molecule has 1 fully saturated rings. The van der Waals surface area contributed by atoms with E-state index in [-0.39, 0.29) is 24.0 Å². The molecule has 0 bridgehead atoms. The molecule has 126 valence electrons. The average molecular weight is 436 g/mol. The zero-order valence-electron chi connectivity index (χ0n) is 13.7. The van der Waals surface area contributed by atoms with E-state index in [0.29, 0.717) is 6.04 Å². The summed E-state index contributed by atoms with van der Waals surface area (Å²) in [6.45, 7) is 5.51. The molecule has 0 spiro atoms. The number of guanidine groups is 1. The molecule has 4 nitrogen and oxygen atoms in total. The van der Waals surface area contributed by atoms with Crippen molar-refractivity contribution in [2.75, 3.05) is 31.6 Å². The summed E-state index contributed by atoms with van der Waals surface area (Å²) in [4.78, 5) is 6.82. The quantitative estimate of drug-likeness (QED) is 0.309. The van der Waals surface area contributed by atoms with Gasteiger partial charge in [-0.2, -0.15) is 0 Å². The molecule has 2 heterocycles. The molecular weight excluding hydrogens is 407 g/mol. The molecule has 0 amide bonds. The van der Waals surface area contributed by atoms with E-state index in [2.05, 4.69) is 45.0 Å². The van der Waals surface area contributed by atoms with Crippen molar-refractivity contribution in [3.63, 3.8) is 0 Å². The van der Waals surface area contributed by atoms with E-state index in [0.717, 1.165) is 25.6 Å². The van der Waals surface area contributed by atoms with Crippen LogP contribution in [0.15, 0.2) is 22.5 Å². The van der Waals surface area contributed by atoms with Gasteiger partial charge in [0.1, 0.15) is 0 Å². The molecular formula is C16H29IN4S. The van der Waals surface area contributed by atoms with Crippen LogP contribution in [0.1, 0.15) is 39.0 Å². The summed E-state index contributed by atoms with van der Waals surface area (Å²) in [6.07, 6.45) is 6.10. The Kier molecular flexibility index (Phi) is 9.86. The minimum absolute atomic E-state index is 0. The smallest absolute Gasteiger partial charge is 0.191 e. The van der Waals surface area contributed by atoms with Crippen LogP contribution in [-0.2, 0) is 0 Å². The molecule has 6 heteroatoms. The minimum atomic E-state index is 0. The number of halogens is 1. The van der Waals surface area contributed by atoms with Gasteiger partial charge in [0, 0.05) is 32.7 Å². The van der Waals surface area contributed by atoms with Crippen LogP contribution in [0.3, 0.4) is 0 Å². The molecule has 0 radical (unpaired) electrons. The van der Waals surface area contributed by atoms with Gasteiger partial charge in [0.15, 0.2) is 5.96 Å². The third-order valence-electron chi connectivity index (χ3n) is 3.95. The number of piperidine rings is 1. The maximum atomic E-state index is 4.33. The largest absolute Gasteiger partial charge is 0.363 e. The summed E-state index contributed by atoms with van der Waals surface area (Å²) in [5.41, 5.74) is 0. The van der Waals surface area contributed by atoms with Gasteiger partial charge in [-0.3, -0.25) is 4.99 Å². The van der Waals surface area contributed by atoms with Crippen LogP contribution in [0.2, 0.25) is 0 Å². The molecule has 0 unspecified atom stereocenters. The first-order valence-corrected chi connectivity index (χ1v) is 8.97. The van der Waals surface area contributed by atoms with Crippen LogP contribution in [0.25, 0.3) is 0 Å². The lowest BCUT2D eigenvalue weighted by molar-refractivity contribution is 0.462. The lowest BCUT2D eigenvalue weighted by Gasteiger charge is -2.33. The van der Waals surface area contributed by atoms with Crippen molar-refractivity contribution >= 4 is 46.3 Å². The third kappa shape index (κ3) is 6.32. The number of hydrogen-bond acceptors (Lipinski definition) is 3. The molecule has 0 aliphatic carbocycles. The Morgan fingerprint density at radius 3 is 2.73 bits per heavy atom. The second kappa shape index (κ2) is 11.1. The predicted molar refractivity (Wildman–Crippen MR) is 109 cm³/mol. The molecule has 2 rings (SSSR count). The van der Waals surface area contributed by atoms with Crippen LogP contribution >= 0.6 is 35.3 Å². The van der Waals surface area contributed by atoms with E-state index < -0.39 is 0 Å². The van der Waals surface area contributed by atoms with Crippen molar-refractivity contribution in [3.05, 3.63) is 17.5 Å². The SMILES string of the molecule is CCCCCNC(=NC)NC1CCN(c2cccs2)CC1.I. The standard InChI is InChI=1S/C16H28N4S.HI/c1-3-4-5-10-18-16(17-2)19-14-8-11-20(12-9-14)15-7-6-13-21-15;/h6-7,13-14H,3-5,8-12H2,1-2H3,(H2,17,18,19);1H. The van der Waals surface area contributed by atoms with Crippen LogP contribution in [0.4, 0.5) is 5.00 Å².